The SMILES string of the molecule is Cc1ccc(N2CC(C(=O)OC(C)(C)C)(c3ccc(F)cc3)CC(F)(F)C2=O)c([N+](=O)[O-])c1. The standard InChI is InChI=1S/C23H23F3N2O5/c1-14-5-10-17(18(11-14)28(31)32)27-13-22(12-23(25,26)19(27)29,20(30)33-21(2,3)4)15-6-8-16(24)9-7-15/h5-11H,12-13H2,1-4H3. The second-order valence-electron chi connectivity index (χ2n) is 9.11. The van der Waals surface area contributed by atoms with Gasteiger partial charge in [-0.3, -0.25) is 24.6 Å². The van der Waals surface area contributed by atoms with E-state index in [1.165, 1.54) is 24.3 Å². The number of aryl methyl sites for hydroxylation is 1. The molecule has 0 N–H and O–H groups in total. The molecule has 3 rings (SSSR count). The Hall–Kier alpha value is -3.43. The van der Waals surface area contributed by atoms with Crippen molar-refractivity contribution in [2.24, 2.45) is 0 Å². The van der Waals surface area contributed by atoms with Gasteiger partial charge in [-0.2, -0.15) is 8.78 Å². The lowest BCUT2D eigenvalue weighted by molar-refractivity contribution is -0.384. The van der Waals surface area contributed by atoms with Crippen LogP contribution in [-0.2, 0) is 19.7 Å². The lowest BCUT2D eigenvalue weighted by Crippen LogP contribution is -2.62. The average molecular weight is 464 g/mol. The van der Waals surface area contributed by atoms with Crippen LogP contribution in [0.3, 0.4) is 0 Å². The van der Waals surface area contributed by atoms with Crippen LogP contribution in [0.1, 0.15) is 38.3 Å². The number of nitrogens with zero attached hydrogens (tertiary/aromatic N) is 2. The van der Waals surface area contributed by atoms with E-state index in [2.05, 4.69) is 0 Å². The van der Waals surface area contributed by atoms with Gasteiger partial charge in [0.2, 0.25) is 0 Å². The van der Waals surface area contributed by atoms with E-state index in [9.17, 15) is 24.1 Å². The van der Waals surface area contributed by atoms with Gasteiger partial charge in [-0.25, -0.2) is 4.39 Å². The second kappa shape index (κ2) is 8.17. The van der Waals surface area contributed by atoms with Crippen LogP contribution in [0.5, 0.6) is 0 Å². The number of alkyl halides is 2. The molecule has 1 saturated heterocycles. The van der Waals surface area contributed by atoms with Gasteiger partial charge in [0.25, 0.3) is 11.6 Å². The van der Waals surface area contributed by atoms with Gasteiger partial charge in [0, 0.05) is 19.0 Å². The number of carbonyl (C=O) groups excluding carboxylic acids is 2. The number of hydrogen-bond acceptors (Lipinski definition) is 5. The summed E-state index contributed by atoms with van der Waals surface area (Å²) in [4.78, 5) is 37.5. The molecule has 1 unspecified atom stereocenters. The largest absolute Gasteiger partial charge is 0.459 e. The Balaban J connectivity index is 2.24. The summed E-state index contributed by atoms with van der Waals surface area (Å²) in [5, 5.41) is 11.6. The Morgan fingerprint density at radius 2 is 1.76 bits per heavy atom. The number of hydrogen-bond donors (Lipinski definition) is 0. The maximum atomic E-state index is 15.2. The summed E-state index contributed by atoms with van der Waals surface area (Å²) in [5.41, 5.74) is -3.59. The summed E-state index contributed by atoms with van der Waals surface area (Å²) >= 11 is 0. The molecule has 33 heavy (non-hydrogen) atoms. The number of halogens is 3. The van der Waals surface area contributed by atoms with E-state index < -0.39 is 58.2 Å². The third-order valence-electron chi connectivity index (χ3n) is 5.31. The molecule has 1 atom stereocenters. The van der Waals surface area contributed by atoms with Crippen LogP contribution in [0.2, 0.25) is 0 Å². The molecule has 0 saturated carbocycles. The molecule has 7 nitrogen and oxygen atoms in total. The summed E-state index contributed by atoms with van der Waals surface area (Å²) < 4.78 is 49.3. The molecule has 0 aliphatic carbocycles. The van der Waals surface area contributed by atoms with E-state index in [-0.39, 0.29) is 11.3 Å². The molecule has 0 aromatic heterocycles. The Labute approximate surface area is 188 Å². The van der Waals surface area contributed by atoms with Gasteiger partial charge in [0.15, 0.2) is 0 Å². The monoisotopic (exact) mass is 464 g/mol. The fraction of sp³-hybridized carbons (Fsp3) is 0.391. The van der Waals surface area contributed by atoms with E-state index in [0.29, 0.717) is 10.5 Å². The number of ether oxygens (including phenoxy) is 1. The first-order chi connectivity index (χ1) is 15.2. The zero-order chi connectivity index (χ0) is 24.8. The van der Waals surface area contributed by atoms with Crippen molar-refractivity contribution < 1.29 is 32.4 Å². The van der Waals surface area contributed by atoms with Crippen LogP contribution in [-0.4, -0.2) is 34.9 Å². The van der Waals surface area contributed by atoms with Crippen molar-refractivity contribution in [2.75, 3.05) is 11.4 Å². The van der Waals surface area contributed by atoms with Crippen LogP contribution in [0.25, 0.3) is 0 Å². The van der Waals surface area contributed by atoms with Crippen molar-refractivity contribution in [1.82, 2.24) is 0 Å². The number of benzene rings is 2. The molecule has 2 aromatic carbocycles. The summed E-state index contributed by atoms with van der Waals surface area (Å²) in [6.07, 6.45) is -1.23. The summed E-state index contributed by atoms with van der Waals surface area (Å²) in [5.74, 6) is -7.42. The zero-order valence-electron chi connectivity index (χ0n) is 18.5. The van der Waals surface area contributed by atoms with E-state index in [1.807, 2.05) is 0 Å². The maximum Gasteiger partial charge on any atom is 0.326 e. The molecule has 2 aromatic rings. The predicted octanol–water partition coefficient (Wildman–Crippen LogP) is 4.69. The van der Waals surface area contributed by atoms with E-state index in [0.717, 1.165) is 18.2 Å². The van der Waals surface area contributed by atoms with Crippen LogP contribution >= 0.6 is 0 Å². The van der Waals surface area contributed by atoms with Crippen molar-refractivity contribution in [3.63, 3.8) is 0 Å². The van der Waals surface area contributed by atoms with Gasteiger partial charge in [0.05, 0.1) is 4.92 Å². The van der Waals surface area contributed by atoms with Gasteiger partial charge in [-0.1, -0.05) is 18.2 Å². The number of amides is 1. The Bertz CT molecular complexity index is 1110. The highest BCUT2D eigenvalue weighted by Gasteiger charge is 2.61. The average Bonchev–Trinajstić information content (AvgIpc) is 2.69. The van der Waals surface area contributed by atoms with E-state index in [4.69, 9.17) is 4.74 Å². The topological polar surface area (TPSA) is 89.8 Å². The quantitative estimate of drug-likeness (QED) is 0.372. The second-order valence-corrected chi connectivity index (χ2v) is 9.11. The van der Waals surface area contributed by atoms with Gasteiger partial charge in [-0.05, 0) is 57.0 Å². The number of esters is 1. The molecule has 1 aliphatic heterocycles. The minimum atomic E-state index is -4.05. The van der Waals surface area contributed by atoms with Gasteiger partial charge >= 0.3 is 11.9 Å². The van der Waals surface area contributed by atoms with Crippen LogP contribution in [0.4, 0.5) is 24.5 Å². The minimum Gasteiger partial charge on any atom is -0.459 e. The zero-order valence-corrected chi connectivity index (χ0v) is 18.5. The highest BCUT2D eigenvalue weighted by atomic mass is 19.3. The van der Waals surface area contributed by atoms with Gasteiger partial charge < -0.3 is 4.74 Å². The van der Waals surface area contributed by atoms with Crippen molar-refractivity contribution in [2.45, 2.75) is 51.1 Å². The fourth-order valence-corrected chi connectivity index (χ4v) is 3.84. The van der Waals surface area contributed by atoms with E-state index >= 15 is 8.78 Å². The molecule has 1 fully saturated rings. The molecule has 1 heterocycles. The first kappa shape index (κ1) is 24.2. The Morgan fingerprint density at radius 3 is 2.30 bits per heavy atom. The summed E-state index contributed by atoms with van der Waals surface area (Å²) in [6.45, 7) is 5.59. The predicted molar refractivity (Wildman–Crippen MR) is 114 cm³/mol. The molecule has 1 amide bonds. The first-order valence-corrected chi connectivity index (χ1v) is 10.1. The lowest BCUT2D eigenvalue weighted by Gasteiger charge is -2.44. The molecular formula is C23H23F3N2O5. The van der Waals surface area contributed by atoms with Crippen molar-refractivity contribution >= 4 is 23.3 Å². The third kappa shape index (κ3) is 4.69. The highest BCUT2D eigenvalue weighted by molar-refractivity contribution is 6.04. The molecule has 0 radical (unpaired) electrons. The molecule has 0 bridgehead atoms. The van der Waals surface area contributed by atoms with Crippen LogP contribution < -0.4 is 4.90 Å². The van der Waals surface area contributed by atoms with E-state index in [1.54, 1.807) is 27.7 Å². The maximum absolute atomic E-state index is 15.2. The summed E-state index contributed by atoms with van der Waals surface area (Å²) in [7, 11) is 0. The number of nitro benzene ring substituents is 1. The molecule has 10 heteroatoms. The lowest BCUT2D eigenvalue weighted by atomic mass is 9.72. The molecule has 0 spiro atoms. The third-order valence-corrected chi connectivity index (χ3v) is 5.31. The number of carbonyl (C=O) groups is 2. The Morgan fingerprint density at radius 1 is 1.15 bits per heavy atom. The number of anilines is 1. The minimum absolute atomic E-state index is 0.00471. The number of nitro groups is 1. The van der Waals surface area contributed by atoms with Crippen molar-refractivity contribution in [3.05, 3.63) is 69.5 Å². The van der Waals surface area contributed by atoms with Crippen LogP contribution in [0.15, 0.2) is 42.5 Å². The summed E-state index contributed by atoms with van der Waals surface area (Å²) in [6, 6.07) is 8.15. The highest BCUT2D eigenvalue weighted by Crippen LogP contribution is 2.46. The normalized spacial score (nSPS) is 20.5. The van der Waals surface area contributed by atoms with Crippen LogP contribution in [0, 0.1) is 22.9 Å². The number of rotatable bonds is 4. The fourth-order valence-electron chi connectivity index (χ4n) is 3.84. The van der Waals surface area contributed by atoms with Gasteiger partial charge in [-0.15, -0.1) is 0 Å². The first-order valence-electron chi connectivity index (χ1n) is 10.1. The van der Waals surface area contributed by atoms with Crippen molar-refractivity contribution in [3.8, 4) is 0 Å². The molecule has 1 aliphatic rings. The molecule has 176 valence electrons. The molecular weight excluding hydrogens is 441 g/mol. The smallest absolute Gasteiger partial charge is 0.326 e. The number of piperidine rings is 1. The Kier molecular flexibility index (Phi) is 5.99. The van der Waals surface area contributed by atoms with Gasteiger partial charge in [0.1, 0.15) is 22.5 Å². The van der Waals surface area contributed by atoms with Crippen molar-refractivity contribution in [1.29, 1.82) is 0 Å².